The summed E-state index contributed by atoms with van der Waals surface area (Å²) in [5.41, 5.74) is 0.404. The Morgan fingerprint density at radius 2 is 2.00 bits per heavy atom. The number of likely N-dealkylation sites (tertiary alicyclic amines) is 1. The van der Waals surface area contributed by atoms with Gasteiger partial charge in [-0.05, 0) is 52.3 Å². The highest BCUT2D eigenvalue weighted by molar-refractivity contribution is 6.02. The van der Waals surface area contributed by atoms with E-state index in [1.165, 1.54) is 0 Å². The molecule has 5 heteroatoms. The van der Waals surface area contributed by atoms with Crippen molar-refractivity contribution < 1.29 is 14.3 Å². The zero-order chi connectivity index (χ0) is 17.7. The van der Waals surface area contributed by atoms with Gasteiger partial charge >= 0.3 is 5.97 Å². The summed E-state index contributed by atoms with van der Waals surface area (Å²) in [7, 11) is 0. The van der Waals surface area contributed by atoms with E-state index in [0.717, 1.165) is 19.4 Å². The molecule has 0 amide bonds. The fourth-order valence-corrected chi connectivity index (χ4v) is 3.13. The third-order valence-electron chi connectivity index (χ3n) is 4.66. The number of carbonyl (C=O) groups excluding carboxylic acids is 2. The van der Waals surface area contributed by atoms with Gasteiger partial charge in [0.15, 0.2) is 5.78 Å². The molecule has 0 spiro atoms. The minimum Gasteiger partial charge on any atom is -0.466 e. The first kappa shape index (κ1) is 18.2. The molecule has 128 valence electrons. The quantitative estimate of drug-likeness (QED) is 0.614. The van der Waals surface area contributed by atoms with Crippen LogP contribution in [0.1, 0.15) is 49.5 Å². The van der Waals surface area contributed by atoms with E-state index in [0.29, 0.717) is 24.3 Å². The van der Waals surface area contributed by atoms with Crippen molar-refractivity contribution in [2.75, 3.05) is 19.7 Å². The third-order valence-corrected chi connectivity index (χ3v) is 4.66. The molecule has 0 radical (unpaired) electrons. The Morgan fingerprint density at radius 1 is 1.33 bits per heavy atom. The lowest BCUT2D eigenvalue weighted by Crippen LogP contribution is -2.54. The molecule has 1 aliphatic rings. The molecule has 1 aromatic rings. The van der Waals surface area contributed by atoms with Crippen LogP contribution in [0.15, 0.2) is 24.3 Å². The van der Waals surface area contributed by atoms with Gasteiger partial charge in [0.2, 0.25) is 0 Å². The number of rotatable bonds is 5. The van der Waals surface area contributed by atoms with Gasteiger partial charge in [0, 0.05) is 12.1 Å². The first-order chi connectivity index (χ1) is 11.4. The summed E-state index contributed by atoms with van der Waals surface area (Å²) in [6.07, 6.45) is 1.67. The van der Waals surface area contributed by atoms with Crippen LogP contribution in [0.25, 0.3) is 0 Å². The summed E-state index contributed by atoms with van der Waals surface area (Å²) >= 11 is 0. The Bertz CT molecular complexity index is 644. The fraction of sp³-hybridized carbons (Fsp3) is 0.526. The molecule has 1 aromatic carbocycles. The van der Waals surface area contributed by atoms with Crippen LogP contribution in [0.4, 0.5) is 0 Å². The maximum Gasteiger partial charge on any atom is 0.310 e. The lowest BCUT2D eigenvalue weighted by Gasteiger charge is -2.42. The Morgan fingerprint density at radius 3 is 2.58 bits per heavy atom. The first-order valence-corrected chi connectivity index (χ1v) is 8.36. The van der Waals surface area contributed by atoms with Crippen LogP contribution in [-0.4, -0.2) is 41.9 Å². The average Bonchev–Trinajstić information content (AvgIpc) is 2.61. The van der Waals surface area contributed by atoms with E-state index < -0.39 is 5.54 Å². The van der Waals surface area contributed by atoms with E-state index >= 15 is 0 Å². The molecule has 1 heterocycles. The smallest absolute Gasteiger partial charge is 0.310 e. The molecule has 24 heavy (non-hydrogen) atoms. The van der Waals surface area contributed by atoms with Gasteiger partial charge in [0.1, 0.15) is 0 Å². The fourth-order valence-electron chi connectivity index (χ4n) is 3.13. The van der Waals surface area contributed by atoms with Crippen LogP contribution in [0.2, 0.25) is 0 Å². The maximum absolute atomic E-state index is 12.9. The van der Waals surface area contributed by atoms with E-state index in [1.807, 2.05) is 13.8 Å². The second kappa shape index (κ2) is 7.59. The number of carbonyl (C=O) groups is 2. The summed E-state index contributed by atoms with van der Waals surface area (Å²) in [4.78, 5) is 27.0. The molecular weight excluding hydrogens is 304 g/mol. The van der Waals surface area contributed by atoms with Gasteiger partial charge in [0.25, 0.3) is 0 Å². The predicted octanol–water partition coefficient (Wildman–Crippen LogP) is 2.79. The average molecular weight is 328 g/mol. The molecule has 2 rings (SSSR count). The lowest BCUT2D eigenvalue weighted by atomic mass is 9.87. The van der Waals surface area contributed by atoms with E-state index in [1.54, 1.807) is 31.2 Å². The number of hydrogen-bond donors (Lipinski definition) is 0. The summed E-state index contributed by atoms with van der Waals surface area (Å²) in [6, 6.07) is 8.74. The molecule has 5 nitrogen and oxygen atoms in total. The SMILES string of the molecule is CCOC(=O)C1CCCN(C(C)(C)C(=O)c2ccc(C#N)cc2)C1. The van der Waals surface area contributed by atoms with Crippen LogP contribution in [0, 0.1) is 17.2 Å². The molecule has 0 N–H and O–H groups in total. The Labute approximate surface area is 143 Å². The van der Waals surface area contributed by atoms with Gasteiger partial charge in [-0.3, -0.25) is 14.5 Å². The Kier molecular flexibility index (Phi) is 5.74. The molecule has 0 aliphatic carbocycles. The predicted molar refractivity (Wildman–Crippen MR) is 90.5 cm³/mol. The molecular formula is C19H24N2O3. The highest BCUT2D eigenvalue weighted by Gasteiger charge is 2.39. The van der Waals surface area contributed by atoms with Crippen molar-refractivity contribution in [2.24, 2.45) is 5.92 Å². The van der Waals surface area contributed by atoms with Crippen molar-refractivity contribution in [1.29, 1.82) is 5.26 Å². The van der Waals surface area contributed by atoms with E-state index in [-0.39, 0.29) is 17.7 Å². The largest absolute Gasteiger partial charge is 0.466 e. The Hall–Kier alpha value is -2.19. The van der Waals surface area contributed by atoms with Crippen LogP contribution < -0.4 is 0 Å². The number of esters is 1. The standard InChI is InChI=1S/C19H24N2O3/c1-4-24-18(23)16-6-5-11-21(13-16)19(2,3)17(22)15-9-7-14(12-20)8-10-15/h7-10,16H,4-6,11,13H2,1-3H3. The van der Waals surface area contributed by atoms with Gasteiger partial charge in [-0.25, -0.2) is 0 Å². The topological polar surface area (TPSA) is 70.4 Å². The van der Waals surface area contributed by atoms with E-state index in [4.69, 9.17) is 10.00 Å². The number of ketones is 1. The number of ether oxygens (including phenoxy) is 1. The highest BCUT2D eigenvalue weighted by atomic mass is 16.5. The molecule has 1 saturated heterocycles. The Balaban J connectivity index is 2.14. The molecule has 0 aromatic heterocycles. The van der Waals surface area contributed by atoms with Crippen molar-refractivity contribution >= 4 is 11.8 Å². The zero-order valence-corrected chi connectivity index (χ0v) is 14.5. The van der Waals surface area contributed by atoms with Crippen LogP contribution in [0.5, 0.6) is 0 Å². The monoisotopic (exact) mass is 328 g/mol. The minimum atomic E-state index is -0.709. The summed E-state index contributed by atoms with van der Waals surface area (Å²) in [6.45, 7) is 7.28. The molecule has 1 fully saturated rings. The normalized spacial score (nSPS) is 18.7. The van der Waals surface area contributed by atoms with Crippen molar-refractivity contribution in [3.63, 3.8) is 0 Å². The highest BCUT2D eigenvalue weighted by Crippen LogP contribution is 2.28. The molecule has 1 aliphatic heterocycles. The summed E-state index contributed by atoms with van der Waals surface area (Å²) in [5, 5.41) is 8.87. The van der Waals surface area contributed by atoms with Crippen LogP contribution in [0.3, 0.4) is 0 Å². The number of piperidine rings is 1. The lowest BCUT2D eigenvalue weighted by molar-refractivity contribution is -0.150. The molecule has 0 saturated carbocycles. The third kappa shape index (κ3) is 3.82. The molecule has 1 atom stereocenters. The molecule has 0 bridgehead atoms. The second-order valence-corrected chi connectivity index (χ2v) is 6.61. The number of hydrogen-bond acceptors (Lipinski definition) is 5. The van der Waals surface area contributed by atoms with Crippen molar-refractivity contribution in [3.05, 3.63) is 35.4 Å². The summed E-state index contributed by atoms with van der Waals surface area (Å²) in [5.74, 6) is -0.355. The second-order valence-electron chi connectivity index (χ2n) is 6.61. The number of Topliss-reactive ketones (excluding diaryl/α,β-unsaturated/α-hetero) is 1. The van der Waals surface area contributed by atoms with Gasteiger partial charge in [-0.1, -0.05) is 12.1 Å². The zero-order valence-electron chi connectivity index (χ0n) is 14.5. The number of nitriles is 1. The van der Waals surface area contributed by atoms with Crippen LogP contribution >= 0.6 is 0 Å². The van der Waals surface area contributed by atoms with Crippen molar-refractivity contribution in [2.45, 2.75) is 39.2 Å². The van der Waals surface area contributed by atoms with E-state index in [2.05, 4.69) is 11.0 Å². The van der Waals surface area contributed by atoms with Crippen molar-refractivity contribution in [1.82, 2.24) is 4.90 Å². The maximum atomic E-state index is 12.9. The van der Waals surface area contributed by atoms with Crippen LogP contribution in [-0.2, 0) is 9.53 Å². The molecule has 1 unspecified atom stereocenters. The first-order valence-electron chi connectivity index (χ1n) is 8.36. The van der Waals surface area contributed by atoms with Gasteiger partial charge in [-0.15, -0.1) is 0 Å². The minimum absolute atomic E-state index is 0.00324. The van der Waals surface area contributed by atoms with Gasteiger partial charge in [0.05, 0.1) is 29.7 Å². The van der Waals surface area contributed by atoms with Crippen molar-refractivity contribution in [3.8, 4) is 6.07 Å². The number of nitrogens with zero attached hydrogens (tertiary/aromatic N) is 2. The van der Waals surface area contributed by atoms with Gasteiger partial charge < -0.3 is 4.74 Å². The van der Waals surface area contributed by atoms with E-state index in [9.17, 15) is 9.59 Å². The number of benzene rings is 1. The summed E-state index contributed by atoms with van der Waals surface area (Å²) < 4.78 is 5.13. The van der Waals surface area contributed by atoms with Gasteiger partial charge in [-0.2, -0.15) is 5.26 Å².